The minimum atomic E-state index is -0.818. The minimum Gasteiger partial charge on any atom is -0.462 e. The van der Waals surface area contributed by atoms with Crippen LogP contribution in [0.3, 0.4) is 0 Å². The summed E-state index contributed by atoms with van der Waals surface area (Å²) >= 11 is 0. The number of esters is 2. The minimum absolute atomic E-state index is 0.123. The first-order valence-corrected chi connectivity index (χ1v) is 21.0. The average Bonchev–Trinajstić information content (AvgIpc) is 3.14. The average molecular weight is 727 g/mol. The SMILES string of the molecule is CC/C=C\C/C=C\CC(O)/C=C/C=C\C/C=C\C/C=C\CCC(=O)OC[C@H](CO)OC(=O)CCCCCCCCCCCCCCCCC(C)CC. The molecule has 0 aliphatic carbocycles. The standard InChI is InChI=1S/C46H78O6/c1-4-6-7-8-26-31-36-43(48)37-32-27-22-18-15-16-19-23-28-33-38-45(49)51-41-44(40-47)52-46(50)39-34-29-24-20-14-12-10-9-11-13-17-21-25-30-35-42(3)5-2/h6-7,15-16,22-23,26-28,31-32,37,42-44,47-48H,4-5,8-14,17-21,24-25,29-30,33-36,38-41H2,1-3H3/b7-6-,16-15-,27-22-,28-23-,31-26-,37-32+/t42?,43?,44-/m0/s1. The Balaban J connectivity index is 3.74. The van der Waals surface area contributed by atoms with Crippen LogP contribution in [0.4, 0.5) is 0 Å². The Morgan fingerprint density at radius 2 is 1.15 bits per heavy atom. The molecule has 0 aliphatic heterocycles. The molecular formula is C46H78O6. The molecule has 0 fully saturated rings. The summed E-state index contributed by atoms with van der Waals surface area (Å²) in [5, 5.41) is 19.5. The van der Waals surface area contributed by atoms with Crippen molar-refractivity contribution in [3.8, 4) is 0 Å². The predicted octanol–water partition coefficient (Wildman–Crippen LogP) is 12.2. The molecule has 0 radical (unpaired) electrons. The number of hydrogen-bond donors (Lipinski definition) is 2. The molecule has 6 nitrogen and oxygen atoms in total. The highest BCUT2D eigenvalue weighted by Gasteiger charge is 2.16. The lowest BCUT2D eigenvalue weighted by molar-refractivity contribution is -0.161. The van der Waals surface area contributed by atoms with E-state index >= 15 is 0 Å². The molecule has 0 aliphatic rings. The number of aliphatic hydroxyl groups is 2. The fraction of sp³-hybridized carbons (Fsp3) is 0.696. The van der Waals surface area contributed by atoms with E-state index < -0.39 is 12.2 Å². The molecule has 0 aromatic heterocycles. The molecule has 298 valence electrons. The van der Waals surface area contributed by atoms with Crippen molar-refractivity contribution >= 4 is 11.9 Å². The number of ether oxygens (including phenoxy) is 2. The van der Waals surface area contributed by atoms with Crippen LogP contribution in [0.5, 0.6) is 0 Å². The van der Waals surface area contributed by atoms with Gasteiger partial charge in [0.25, 0.3) is 0 Å². The highest BCUT2D eigenvalue weighted by atomic mass is 16.6. The Kier molecular flexibility index (Phi) is 37.5. The maximum atomic E-state index is 12.2. The molecule has 52 heavy (non-hydrogen) atoms. The summed E-state index contributed by atoms with van der Waals surface area (Å²) in [6, 6.07) is 0. The molecule has 0 saturated heterocycles. The lowest BCUT2D eigenvalue weighted by atomic mass is 9.99. The van der Waals surface area contributed by atoms with Gasteiger partial charge in [0.15, 0.2) is 6.10 Å². The van der Waals surface area contributed by atoms with E-state index in [1.807, 2.05) is 36.5 Å². The number of aliphatic hydroxyl groups excluding tert-OH is 2. The third kappa shape index (κ3) is 37.1. The molecule has 0 aromatic carbocycles. The van der Waals surface area contributed by atoms with Crippen molar-refractivity contribution in [2.45, 2.75) is 187 Å². The summed E-state index contributed by atoms with van der Waals surface area (Å²) in [4.78, 5) is 24.3. The molecule has 0 rings (SSSR count). The summed E-state index contributed by atoms with van der Waals surface area (Å²) in [7, 11) is 0. The Labute approximate surface area is 319 Å². The van der Waals surface area contributed by atoms with Gasteiger partial charge in [0.05, 0.1) is 12.7 Å². The number of carbonyl (C=O) groups excluding carboxylic acids is 2. The Morgan fingerprint density at radius 1 is 0.615 bits per heavy atom. The third-order valence-electron chi connectivity index (χ3n) is 9.15. The van der Waals surface area contributed by atoms with E-state index in [1.165, 1.54) is 83.5 Å². The van der Waals surface area contributed by atoms with Gasteiger partial charge in [-0.3, -0.25) is 9.59 Å². The normalized spacial score (nSPS) is 14.2. The molecule has 0 aromatic rings. The third-order valence-corrected chi connectivity index (χ3v) is 9.15. The number of carbonyl (C=O) groups is 2. The van der Waals surface area contributed by atoms with Gasteiger partial charge in [-0.2, -0.15) is 0 Å². The van der Waals surface area contributed by atoms with Gasteiger partial charge < -0.3 is 19.7 Å². The van der Waals surface area contributed by atoms with E-state index in [0.717, 1.165) is 50.9 Å². The first kappa shape index (κ1) is 49.3. The first-order chi connectivity index (χ1) is 25.4. The molecule has 2 unspecified atom stereocenters. The van der Waals surface area contributed by atoms with Gasteiger partial charge in [0.2, 0.25) is 0 Å². The van der Waals surface area contributed by atoms with Gasteiger partial charge in [-0.05, 0) is 50.9 Å². The van der Waals surface area contributed by atoms with Crippen molar-refractivity contribution in [3.05, 3.63) is 72.9 Å². The Hall–Kier alpha value is -2.70. The van der Waals surface area contributed by atoms with Crippen LogP contribution >= 0.6 is 0 Å². The van der Waals surface area contributed by atoms with Crippen molar-refractivity contribution in [2.75, 3.05) is 13.2 Å². The van der Waals surface area contributed by atoms with Gasteiger partial charge in [-0.1, -0.05) is 190 Å². The van der Waals surface area contributed by atoms with Crippen LogP contribution in [0.1, 0.15) is 175 Å². The van der Waals surface area contributed by atoms with E-state index in [-0.39, 0.29) is 31.6 Å². The molecule has 2 N–H and O–H groups in total. The molecular weight excluding hydrogens is 648 g/mol. The van der Waals surface area contributed by atoms with Crippen molar-refractivity contribution in [2.24, 2.45) is 5.92 Å². The zero-order chi connectivity index (χ0) is 38.2. The summed E-state index contributed by atoms with van der Waals surface area (Å²) in [6.07, 6.45) is 48.5. The highest BCUT2D eigenvalue weighted by Crippen LogP contribution is 2.16. The second-order valence-corrected chi connectivity index (χ2v) is 14.1. The lowest BCUT2D eigenvalue weighted by Crippen LogP contribution is -2.28. The van der Waals surface area contributed by atoms with Gasteiger partial charge in [-0.15, -0.1) is 0 Å². The second kappa shape index (κ2) is 39.5. The molecule has 6 heteroatoms. The zero-order valence-corrected chi connectivity index (χ0v) is 33.6. The van der Waals surface area contributed by atoms with Crippen LogP contribution in [0.15, 0.2) is 72.9 Å². The Bertz CT molecular complexity index is 991. The van der Waals surface area contributed by atoms with E-state index in [2.05, 4.69) is 51.2 Å². The molecule has 0 amide bonds. The summed E-state index contributed by atoms with van der Waals surface area (Å²) in [5.41, 5.74) is 0. The highest BCUT2D eigenvalue weighted by molar-refractivity contribution is 5.70. The topological polar surface area (TPSA) is 93.1 Å². The quantitative estimate of drug-likeness (QED) is 0.0289. The maximum absolute atomic E-state index is 12.2. The number of hydrogen-bond acceptors (Lipinski definition) is 6. The fourth-order valence-corrected chi connectivity index (χ4v) is 5.58. The largest absolute Gasteiger partial charge is 0.462 e. The van der Waals surface area contributed by atoms with Crippen molar-refractivity contribution < 1.29 is 29.3 Å². The van der Waals surface area contributed by atoms with Crippen LogP contribution in [0.25, 0.3) is 0 Å². The second-order valence-electron chi connectivity index (χ2n) is 14.1. The van der Waals surface area contributed by atoms with Gasteiger partial charge in [-0.25, -0.2) is 0 Å². The van der Waals surface area contributed by atoms with E-state index in [9.17, 15) is 19.8 Å². The van der Waals surface area contributed by atoms with Crippen molar-refractivity contribution in [1.29, 1.82) is 0 Å². The van der Waals surface area contributed by atoms with Crippen LogP contribution in [0.2, 0.25) is 0 Å². The van der Waals surface area contributed by atoms with Crippen LogP contribution in [-0.4, -0.2) is 47.6 Å². The fourth-order valence-electron chi connectivity index (χ4n) is 5.58. The number of unbranched alkanes of at least 4 members (excludes halogenated alkanes) is 13. The van der Waals surface area contributed by atoms with Crippen LogP contribution in [0, 0.1) is 5.92 Å². The number of allylic oxidation sites excluding steroid dienone is 10. The lowest BCUT2D eigenvalue weighted by Gasteiger charge is -2.15. The maximum Gasteiger partial charge on any atom is 0.306 e. The van der Waals surface area contributed by atoms with E-state index in [4.69, 9.17) is 9.47 Å². The van der Waals surface area contributed by atoms with Gasteiger partial charge >= 0.3 is 11.9 Å². The smallest absolute Gasteiger partial charge is 0.306 e. The Morgan fingerprint density at radius 3 is 1.75 bits per heavy atom. The van der Waals surface area contributed by atoms with Crippen molar-refractivity contribution in [3.63, 3.8) is 0 Å². The summed E-state index contributed by atoms with van der Waals surface area (Å²) in [6.45, 7) is 6.27. The molecule has 0 bridgehead atoms. The van der Waals surface area contributed by atoms with Gasteiger partial charge in [0, 0.05) is 12.8 Å². The molecule has 0 heterocycles. The van der Waals surface area contributed by atoms with E-state index in [0.29, 0.717) is 19.3 Å². The number of rotatable bonds is 36. The van der Waals surface area contributed by atoms with Crippen molar-refractivity contribution in [1.82, 2.24) is 0 Å². The van der Waals surface area contributed by atoms with Crippen LogP contribution in [-0.2, 0) is 19.1 Å². The molecule has 0 saturated carbocycles. The summed E-state index contributed by atoms with van der Waals surface area (Å²) in [5.74, 6) is 0.173. The van der Waals surface area contributed by atoms with Gasteiger partial charge in [0.1, 0.15) is 6.61 Å². The first-order valence-electron chi connectivity index (χ1n) is 21.0. The zero-order valence-electron chi connectivity index (χ0n) is 33.6. The molecule has 0 spiro atoms. The van der Waals surface area contributed by atoms with Crippen LogP contribution < -0.4 is 0 Å². The predicted molar refractivity (Wildman–Crippen MR) is 220 cm³/mol. The monoisotopic (exact) mass is 727 g/mol. The molecule has 3 atom stereocenters. The van der Waals surface area contributed by atoms with E-state index in [1.54, 1.807) is 6.08 Å². The summed E-state index contributed by atoms with van der Waals surface area (Å²) < 4.78 is 10.5.